The van der Waals surface area contributed by atoms with Gasteiger partial charge in [0.05, 0.1) is 11.1 Å². The number of hydrogen-bond donors (Lipinski definition) is 2. The van der Waals surface area contributed by atoms with E-state index in [0.29, 0.717) is 50.4 Å². The number of ether oxygens (including phenoxy) is 1. The Morgan fingerprint density at radius 3 is 2.84 bits per heavy atom. The van der Waals surface area contributed by atoms with E-state index in [-0.39, 0.29) is 12.5 Å². The van der Waals surface area contributed by atoms with Crippen LogP contribution in [0.3, 0.4) is 0 Å². The van der Waals surface area contributed by atoms with Gasteiger partial charge >= 0.3 is 0 Å². The molecule has 8 nitrogen and oxygen atoms in total. The molecule has 3 N–H and O–H groups in total. The third-order valence-corrected chi connectivity index (χ3v) is 5.90. The number of pyridine rings is 2. The molecule has 1 amide bonds. The van der Waals surface area contributed by atoms with Gasteiger partial charge in [-0.3, -0.25) is 14.8 Å². The van der Waals surface area contributed by atoms with Crippen molar-refractivity contribution in [2.24, 2.45) is 5.73 Å². The monoisotopic (exact) mass is 435 g/mol. The van der Waals surface area contributed by atoms with Crippen LogP contribution in [0.25, 0.3) is 10.9 Å². The number of nitrogens with zero attached hydrogens (tertiary/aromatic N) is 4. The van der Waals surface area contributed by atoms with Gasteiger partial charge in [-0.2, -0.15) is 0 Å². The Morgan fingerprint density at radius 2 is 2.06 bits per heavy atom. The van der Waals surface area contributed by atoms with E-state index in [1.807, 2.05) is 18.3 Å². The summed E-state index contributed by atoms with van der Waals surface area (Å²) >= 11 is 0. The summed E-state index contributed by atoms with van der Waals surface area (Å²) in [5.74, 6) is 0.464. The van der Waals surface area contributed by atoms with Crippen molar-refractivity contribution in [1.82, 2.24) is 14.9 Å². The SMILES string of the molecule is CN(CC1(O)CCN(c2ccnc3ccncc23)CC1)C(=O)c1cccc(OCCN)c1. The molecule has 3 heterocycles. The molecule has 8 heteroatoms. The Kier molecular flexibility index (Phi) is 6.53. The van der Waals surface area contributed by atoms with Crippen molar-refractivity contribution in [1.29, 1.82) is 0 Å². The van der Waals surface area contributed by atoms with Gasteiger partial charge in [0.25, 0.3) is 5.91 Å². The quantitative estimate of drug-likeness (QED) is 0.585. The lowest BCUT2D eigenvalue weighted by atomic mass is 9.90. The van der Waals surface area contributed by atoms with Crippen LogP contribution >= 0.6 is 0 Å². The zero-order valence-corrected chi connectivity index (χ0v) is 18.3. The van der Waals surface area contributed by atoms with Gasteiger partial charge in [0, 0.05) is 68.5 Å². The molecule has 0 atom stereocenters. The summed E-state index contributed by atoms with van der Waals surface area (Å²) in [5.41, 5.74) is 7.05. The number of fused-ring (bicyclic) bond motifs is 1. The van der Waals surface area contributed by atoms with E-state index >= 15 is 0 Å². The second-order valence-corrected chi connectivity index (χ2v) is 8.26. The molecule has 1 saturated heterocycles. The third kappa shape index (κ3) is 4.81. The van der Waals surface area contributed by atoms with Crippen LogP contribution in [-0.2, 0) is 0 Å². The number of hydrogen-bond acceptors (Lipinski definition) is 7. The number of amides is 1. The summed E-state index contributed by atoms with van der Waals surface area (Å²) < 4.78 is 5.52. The highest BCUT2D eigenvalue weighted by molar-refractivity contribution is 5.94. The zero-order valence-electron chi connectivity index (χ0n) is 18.3. The van der Waals surface area contributed by atoms with Crippen LogP contribution in [0, 0.1) is 0 Å². The van der Waals surface area contributed by atoms with E-state index in [2.05, 4.69) is 14.9 Å². The maximum Gasteiger partial charge on any atom is 0.253 e. The van der Waals surface area contributed by atoms with Gasteiger partial charge in [-0.15, -0.1) is 0 Å². The largest absolute Gasteiger partial charge is 0.492 e. The lowest BCUT2D eigenvalue weighted by Gasteiger charge is -2.41. The molecule has 3 aromatic rings. The van der Waals surface area contributed by atoms with Gasteiger partial charge in [0.1, 0.15) is 12.4 Å². The van der Waals surface area contributed by atoms with E-state index in [1.54, 1.807) is 48.6 Å². The molecular weight excluding hydrogens is 406 g/mol. The predicted octanol–water partition coefficient (Wildman–Crippen LogP) is 2.07. The molecule has 0 saturated carbocycles. The van der Waals surface area contributed by atoms with E-state index in [9.17, 15) is 9.90 Å². The number of benzene rings is 1. The standard InChI is InChI=1S/C24H29N5O3/c1-28(23(30)18-3-2-4-19(15-18)32-14-9-25)17-24(31)7-12-29(13-8-24)22-6-11-27-21-5-10-26-16-20(21)22/h2-6,10-11,15-16,31H,7-9,12-14,17,25H2,1H3. The van der Waals surface area contributed by atoms with Gasteiger partial charge in [-0.05, 0) is 43.2 Å². The molecule has 0 radical (unpaired) electrons. The average Bonchev–Trinajstić information content (AvgIpc) is 2.82. The predicted molar refractivity (Wildman–Crippen MR) is 124 cm³/mol. The minimum absolute atomic E-state index is 0.148. The van der Waals surface area contributed by atoms with Crippen LogP contribution in [0.5, 0.6) is 5.75 Å². The molecule has 4 rings (SSSR count). The summed E-state index contributed by atoms with van der Waals surface area (Å²) in [7, 11) is 1.72. The Hall–Kier alpha value is -3.23. The third-order valence-electron chi connectivity index (χ3n) is 5.90. The van der Waals surface area contributed by atoms with E-state index < -0.39 is 5.60 Å². The van der Waals surface area contributed by atoms with Crippen molar-refractivity contribution >= 4 is 22.5 Å². The Morgan fingerprint density at radius 1 is 1.25 bits per heavy atom. The van der Waals surface area contributed by atoms with E-state index in [4.69, 9.17) is 10.5 Å². The summed E-state index contributed by atoms with van der Waals surface area (Å²) in [6, 6.07) is 10.9. The van der Waals surface area contributed by atoms with Crippen molar-refractivity contribution in [3.63, 3.8) is 0 Å². The summed E-state index contributed by atoms with van der Waals surface area (Å²) in [6.07, 6.45) is 6.50. The Bertz CT molecular complexity index is 1080. The number of anilines is 1. The van der Waals surface area contributed by atoms with Crippen LogP contribution in [0.4, 0.5) is 5.69 Å². The maximum absolute atomic E-state index is 12.9. The fraction of sp³-hybridized carbons (Fsp3) is 0.375. The molecule has 0 bridgehead atoms. The van der Waals surface area contributed by atoms with Crippen molar-refractivity contribution < 1.29 is 14.6 Å². The van der Waals surface area contributed by atoms with Crippen molar-refractivity contribution in [3.8, 4) is 5.75 Å². The second kappa shape index (κ2) is 9.50. The summed E-state index contributed by atoms with van der Waals surface area (Å²) in [4.78, 5) is 25.4. The minimum Gasteiger partial charge on any atom is -0.492 e. The second-order valence-electron chi connectivity index (χ2n) is 8.26. The lowest BCUT2D eigenvalue weighted by molar-refractivity contribution is -0.00799. The minimum atomic E-state index is -0.935. The van der Waals surface area contributed by atoms with Crippen LogP contribution < -0.4 is 15.4 Å². The molecular formula is C24H29N5O3. The van der Waals surface area contributed by atoms with Crippen LogP contribution in [0.15, 0.2) is 55.0 Å². The number of nitrogens with two attached hydrogens (primary N) is 1. The lowest BCUT2D eigenvalue weighted by Crippen LogP contribution is -2.51. The number of aromatic nitrogens is 2. The van der Waals surface area contributed by atoms with E-state index in [0.717, 1.165) is 16.6 Å². The Balaban J connectivity index is 1.39. The summed E-state index contributed by atoms with van der Waals surface area (Å²) in [5, 5.41) is 12.2. The molecule has 32 heavy (non-hydrogen) atoms. The van der Waals surface area contributed by atoms with Gasteiger partial charge < -0.3 is 25.4 Å². The summed E-state index contributed by atoms with van der Waals surface area (Å²) in [6.45, 7) is 2.45. The molecule has 168 valence electrons. The fourth-order valence-corrected chi connectivity index (χ4v) is 4.20. The van der Waals surface area contributed by atoms with Gasteiger partial charge in [-0.25, -0.2) is 0 Å². The first-order valence-corrected chi connectivity index (χ1v) is 10.8. The molecule has 1 aromatic carbocycles. The molecule has 0 spiro atoms. The number of piperidine rings is 1. The first kappa shape index (κ1) is 22.0. The maximum atomic E-state index is 12.9. The first-order chi connectivity index (χ1) is 15.5. The first-order valence-electron chi connectivity index (χ1n) is 10.8. The van der Waals surface area contributed by atoms with Crippen LogP contribution in [0.1, 0.15) is 23.2 Å². The molecule has 1 aliphatic rings. The molecule has 1 aliphatic heterocycles. The fourth-order valence-electron chi connectivity index (χ4n) is 4.20. The Labute approximate surface area is 187 Å². The van der Waals surface area contributed by atoms with E-state index in [1.165, 1.54) is 0 Å². The number of carbonyl (C=O) groups is 1. The smallest absolute Gasteiger partial charge is 0.253 e. The van der Waals surface area contributed by atoms with Gasteiger partial charge in [0.2, 0.25) is 0 Å². The number of carbonyl (C=O) groups excluding carboxylic acids is 1. The van der Waals surface area contributed by atoms with Crippen molar-refractivity contribution in [2.75, 3.05) is 44.7 Å². The number of rotatable bonds is 7. The van der Waals surface area contributed by atoms with Crippen molar-refractivity contribution in [2.45, 2.75) is 18.4 Å². The molecule has 1 fully saturated rings. The molecule has 0 unspecified atom stereocenters. The average molecular weight is 436 g/mol. The highest BCUT2D eigenvalue weighted by atomic mass is 16.5. The van der Waals surface area contributed by atoms with Gasteiger partial charge in [-0.1, -0.05) is 6.07 Å². The topological polar surface area (TPSA) is 105 Å². The highest BCUT2D eigenvalue weighted by Gasteiger charge is 2.35. The van der Waals surface area contributed by atoms with Gasteiger partial charge in [0.15, 0.2) is 0 Å². The normalized spacial score (nSPS) is 15.5. The zero-order chi connectivity index (χ0) is 22.6. The van der Waals surface area contributed by atoms with Crippen LogP contribution in [-0.4, -0.2) is 71.3 Å². The number of aliphatic hydroxyl groups is 1. The van der Waals surface area contributed by atoms with Crippen molar-refractivity contribution in [3.05, 3.63) is 60.6 Å². The molecule has 2 aromatic heterocycles. The highest BCUT2D eigenvalue weighted by Crippen LogP contribution is 2.31. The molecule has 0 aliphatic carbocycles. The number of likely N-dealkylation sites (N-methyl/N-ethyl adjacent to an activating group) is 1. The van der Waals surface area contributed by atoms with Crippen LogP contribution in [0.2, 0.25) is 0 Å².